The molecule has 1 fully saturated rings. The molecule has 0 aliphatic carbocycles. The molecule has 1 aromatic heterocycles. The summed E-state index contributed by atoms with van der Waals surface area (Å²) >= 11 is 0. The molecule has 6 heteroatoms. The lowest BCUT2D eigenvalue weighted by atomic mass is 9.94. The number of nitrogens with zero attached hydrogens (tertiary/aromatic N) is 2. The van der Waals surface area contributed by atoms with Gasteiger partial charge in [0.2, 0.25) is 5.82 Å². The Morgan fingerprint density at radius 3 is 3.06 bits per heavy atom. The maximum Gasteiger partial charge on any atom is 0.260 e. The van der Waals surface area contributed by atoms with Crippen LogP contribution in [0, 0.1) is 0 Å². The molecule has 2 rings (SSSR count). The summed E-state index contributed by atoms with van der Waals surface area (Å²) in [6.45, 7) is 3.45. The van der Waals surface area contributed by atoms with E-state index in [1.54, 1.807) is 7.11 Å². The molecular weight excluding hydrogens is 234 g/mol. The van der Waals surface area contributed by atoms with Gasteiger partial charge in [0.15, 0.2) is 5.60 Å². The van der Waals surface area contributed by atoms with Crippen LogP contribution in [0.5, 0.6) is 0 Å². The number of hydrogen-bond donors (Lipinski definition) is 2. The van der Waals surface area contributed by atoms with Crippen molar-refractivity contribution in [2.24, 2.45) is 0 Å². The number of nitrogens with one attached hydrogen (secondary N) is 1. The molecule has 0 spiro atoms. The summed E-state index contributed by atoms with van der Waals surface area (Å²) in [7, 11) is 1.63. The topological polar surface area (TPSA) is 80.4 Å². The van der Waals surface area contributed by atoms with E-state index in [1.165, 1.54) is 0 Å². The second kappa shape index (κ2) is 5.77. The first-order valence-electron chi connectivity index (χ1n) is 6.49. The standard InChI is InChI=1S/C12H21N3O3/c1-3-5-9(17-2)10-14-11(18-15-10)12(16)6-4-7-13-8-12/h9,13,16H,3-8H2,1-2H3. The zero-order valence-electron chi connectivity index (χ0n) is 11.0. The second-order valence-corrected chi connectivity index (χ2v) is 4.78. The summed E-state index contributed by atoms with van der Waals surface area (Å²) < 4.78 is 10.5. The van der Waals surface area contributed by atoms with E-state index in [9.17, 15) is 5.11 Å². The minimum Gasteiger partial charge on any atom is -0.379 e. The molecule has 2 N–H and O–H groups in total. The Hall–Kier alpha value is -0.980. The van der Waals surface area contributed by atoms with Crippen molar-refractivity contribution in [2.75, 3.05) is 20.2 Å². The molecule has 1 aromatic rings. The van der Waals surface area contributed by atoms with E-state index in [1.807, 2.05) is 0 Å². The Labute approximate surface area is 107 Å². The fraction of sp³-hybridized carbons (Fsp3) is 0.833. The highest BCUT2D eigenvalue weighted by Crippen LogP contribution is 2.28. The Bertz CT molecular complexity index is 374. The van der Waals surface area contributed by atoms with Crippen molar-refractivity contribution >= 4 is 0 Å². The van der Waals surface area contributed by atoms with Crippen molar-refractivity contribution in [3.63, 3.8) is 0 Å². The normalized spacial score (nSPS) is 26.2. The maximum absolute atomic E-state index is 10.4. The average Bonchev–Trinajstić information content (AvgIpc) is 2.87. The lowest BCUT2D eigenvalue weighted by Gasteiger charge is -2.28. The summed E-state index contributed by atoms with van der Waals surface area (Å²) in [6.07, 6.45) is 3.21. The van der Waals surface area contributed by atoms with Crippen LogP contribution in [0.15, 0.2) is 4.52 Å². The van der Waals surface area contributed by atoms with Crippen LogP contribution in [0.1, 0.15) is 50.4 Å². The van der Waals surface area contributed by atoms with Gasteiger partial charge in [-0.2, -0.15) is 4.98 Å². The molecule has 1 aliphatic heterocycles. The number of aliphatic hydroxyl groups is 1. The minimum absolute atomic E-state index is 0.160. The van der Waals surface area contributed by atoms with E-state index in [2.05, 4.69) is 22.4 Å². The van der Waals surface area contributed by atoms with Crippen LogP contribution >= 0.6 is 0 Å². The van der Waals surface area contributed by atoms with Crippen LogP contribution < -0.4 is 5.32 Å². The van der Waals surface area contributed by atoms with Crippen LogP contribution in [-0.2, 0) is 10.3 Å². The monoisotopic (exact) mass is 255 g/mol. The number of methoxy groups -OCH3 is 1. The fourth-order valence-electron chi connectivity index (χ4n) is 2.24. The van der Waals surface area contributed by atoms with Gasteiger partial charge >= 0.3 is 0 Å². The van der Waals surface area contributed by atoms with Gasteiger partial charge in [-0.25, -0.2) is 0 Å². The smallest absolute Gasteiger partial charge is 0.260 e. The van der Waals surface area contributed by atoms with E-state index in [-0.39, 0.29) is 6.10 Å². The highest BCUT2D eigenvalue weighted by Gasteiger charge is 2.37. The Morgan fingerprint density at radius 1 is 1.61 bits per heavy atom. The van der Waals surface area contributed by atoms with E-state index in [4.69, 9.17) is 9.26 Å². The maximum atomic E-state index is 10.4. The third-order valence-electron chi connectivity index (χ3n) is 3.32. The number of β-amino-alcohol motifs (C(OH)–C–C–N with tert-alkyl or cyclic N) is 1. The molecule has 2 atom stereocenters. The van der Waals surface area contributed by atoms with Crippen LogP contribution in [0.4, 0.5) is 0 Å². The Balaban J connectivity index is 2.13. The second-order valence-electron chi connectivity index (χ2n) is 4.78. The van der Waals surface area contributed by atoms with Crippen molar-refractivity contribution in [3.8, 4) is 0 Å². The van der Waals surface area contributed by atoms with Gasteiger partial charge in [0, 0.05) is 13.7 Å². The van der Waals surface area contributed by atoms with Crippen LogP contribution in [0.3, 0.4) is 0 Å². The van der Waals surface area contributed by atoms with Gasteiger partial charge in [-0.3, -0.25) is 0 Å². The molecule has 0 aromatic carbocycles. The van der Waals surface area contributed by atoms with E-state index < -0.39 is 5.60 Å². The van der Waals surface area contributed by atoms with Crippen molar-refractivity contribution in [1.82, 2.24) is 15.5 Å². The molecular formula is C12H21N3O3. The molecule has 0 amide bonds. The first-order valence-corrected chi connectivity index (χ1v) is 6.49. The minimum atomic E-state index is -1.03. The van der Waals surface area contributed by atoms with E-state index >= 15 is 0 Å². The van der Waals surface area contributed by atoms with Crippen molar-refractivity contribution in [3.05, 3.63) is 11.7 Å². The van der Waals surface area contributed by atoms with Gasteiger partial charge in [-0.15, -0.1) is 0 Å². The third-order valence-corrected chi connectivity index (χ3v) is 3.32. The Morgan fingerprint density at radius 2 is 2.44 bits per heavy atom. The van der Waals surface area contributed by atoms with E-state index in [0.29, 0.717) is 24.7 Å². The molecule has 2 heterocycles. The van der Waals surface area contributed by atoms with Crippen LogP contribution in [-0.4, -0.2) is 35.4 Å². The third kappa shape index (κ3) is 2.71. The van der Waals surface area contributed by atoms with Crippen LogP contribution in [0.25, 0.3) is 0 Å². The number of ether oxygens (including phenoxy) is 1. The summed E-state index contributed by atoms with van der Waals surface area (Å²) in [5, 5.41) is 17.5. The van der Waals surface area contributed by atoms with Gasteiger partial charge < -0.3 is 19.7 Å². The zero-order chi connectivity index (χ0) is 13.0. The first-order chi connectivity index (χ1) is 8.69. The lowest BCUT2D eigenvalue weighted by Crippen LogP contribution is -2.43. The lowest BCUT2D eigenvalue weighted by molar-refractivity contribution is -0.0167. The van der Waals surface area contributed by atoms with Gasteiger partial charge in [0.05, 0.1) is 0 Å². The van der Waals surface area contributed by atoms with Gasteiger partial charge in [-0.05, 0) is 25.8 Å². The first kappa shape index (κ1) is 13.5. The largest absolute Gasteiger partial charge is 0.379 e. The molecule has 1 saturated heterocycles. The molecule has 0 saturated carbocycles. The van der Waals surface area contributed by atoms with Crippen molar-refractivity contribution < 1.29 is 14.4 Å². The molecule has 0 bridgehead atoms. The number of rotatable bonds is 5. The van der Waals surface area contributed by atoms with Crippen molar-refractivity contribution in [1.29, 1.82) is 0 Å². The molecule has 6 nitrogen and oxygen atoms in total. The quantitative estimate of drug-likeness (QED) is 0.821. The highest BCUT2D eigenvalue weighted by molar-refractivity contribution is 5.03. The molecule has 102 valence electrons. The Kier molecular flexibility index (Phi) is 4.31. The zero-order valence-corrected chi connectivity index (χ0v) is 11.0. The highest BCUT2D eigenvalue weighted by atomic mass is 16.5. The van der Waals surface area contributed by atoms with Gasteiger partial charge in [-0.1, -0.05) is 18.5 Å². The molecule has 18 heavy (non-hydrogen) atoms. The van der Waals surface area contributed by atoms with Gasteiger partial charge in [0.25, 0.3) is 5.89 Å². The fourth-order valence-corrected chi connectivity index (χ4v) is 2.24. The number of aromatic nitrogens is 2. The predicted octanol–water partition coefficient (Wildman–Crippen LogP) is 1.13. The average molecular weight is 255 g/mol. The molecule has 0 radical (unpaired) electrons. The van der Waals surface area contributed by atoms with Crippen molar-refractivity contribution in [2.45, 2.75) is 44.3 Å². The number of piperidine rings is 1. The predicted molar refractivity (Wildman–Crippen MR) is 65.0 cm³/mol. The summed E-state index contributed by atoms with van der Waals surface area (Å²) in [6, 6.07) is 0. The van der Waals surface area contributed by atoms with Crippen LogP contribution in [0.2, 0.25) is 0 Å². The molecule has 2 unspecified atom stereocenters. The summed E-state index contributed by atoms with van der Waals surface area (Å²) in [4.78, 5) is 4.30. The SMILES string of the molecule is CCCC(OC)c1noc(C2(O)CCCNC2)n1. The summed E-state index contributed by atoms with van der Waals surface area (Å²) in [5.74, 6) is 0.816. The summed E-state index contributed by atoms with van der Waals surface area (Å²) in [5.41, 5.74) is -1.03. The van der Waals surface area contributed by atoms with E-state index in [0.717, 1.165) is 25.8 Å². The number of hydrogen-bond acceptors (Lipinski definition) is 6. The van der Waals surface area contributed by atoms with Gasteiger partial charge in [0.1, 0.15) is 6.10 Å². The molecule has 1 aliphatic rings.